The minimum absolute atomic E-state index is 0.0321. The maximum Gasteiger partial charge on any atom is 0.302 e. The molecule has 6 heteroatoms. The van der Waals surface area contributed by atoms with E-state index in [1.54, 1.807) is 7.11 Å². The summed E-state index contributed by atoms with van der Waals surface area (Å²) in [6, 6.07) is 0. The molecular formula is C15H26INO4. The molecular weight excluding hydrogens is 385 g/mol. The number of nitrogens with zero attached hydrogens (tertiary/aromatic N) is 1. The normalized spacial score (nSPS) is 25.1. The maximum absolute atomic E-state index is 11.3. The van der Waals surface area contributed by atoms with Crippen molar-refractivity contribution >= 4 is 28.6 Å². The second kappa shape index (κ2) is 10.5. The lowest BCUT2D eigenvalue weighted by Gasteiger charge is -2.40. The Morgan fingerprint density at radius 2 is 2.29 bits per heavy atom. The van der Waals surface area contributed by atoms with Crippen molar-refractivity contribution in [1.82, 2.24) is 4.90 Å². The topological polar surface area (TPSA) is 48.0 Å². The molecule has 0 amide bonds. The Hall–Kier alpha value is -0.180. The Kier molecular flexibility index (Phi) is 9.46. The van der Waals surface area contributed by atoms with Crippen LogP contribution in [0.4, 0.5) is 0 Å². The molecule has 1 rings (SSSR count). The molecule has 1 aliphatic heterocycles. The molecule has 0 aliphatic carbocycles. The van der Waals surface area contributed by atoms with Crippen molar-refractivity contribution in [3.63, 3.8) is 0 Å². The first kappa shape index (κ1) is 18.9. The second-order valence-corrected chi connectivity index (χ2v) is 6.13. The average Bonchev–Trinajstić information content (AvgIpc) is 2.44. The van der Waals surface area contributed by atoms with Crippen LogP contribution >= 0.6 is 22.6 Å². The van der Waals surface area contributed by atoms with Gasteiger partial charge in [-0.25, -0.2) is 0 Å². The molecule has 3 atom stereocenters. The molecule has 0 aromatic heterocycles. The van der Waals surface area contributed by atoms with E-state index in [9.17, 15) is 4.79 Å². The van der Waals surface area contributed by atoms with Crippen molar-refractivity contribution in [2.75, 3.05) is 34.0 Å². The van der Waals surface area contributed by atoms with E-state index in [4.69, 9.17) is 14.2 Å². The molecule has 21 heavy (non-hydrogen) atoms. The van der Waals surface area contributed by atoms with E-state index in [2.05, 4.69) is 40.6 Å². The summed E-state index contributed by atoms with van der Waals surface area (Å²) in [7, 11) is 3.72. The van der Waals surface area contributed by atoms with Crippen LogP contribution in [0.3, 0.4) is 0 Å². The Balaban J connectivity index is 2.73. The molecule has 1 heterocycles. The van der Waals surface area contributed by atoms with Gasteiger partial charge in [0.2, 0.25) is 0 Å². The molecule has 1 fully saturated rings. The third-order valence-corrected chi connectivity index (χ3v) is 4.21. The molecule has 0 saturated carbocycles. The number of likely N-dealkylation sites (tertiary alicyclic amines) is 1. The van der Waals surface area contributed by atoms with Gasteiger partial charge in [0.1, 0.15) is 12.9 Å². The minimum Gasteiger partial charge on any atom is -0.462 e. The van der Waals surface area contributed by atoms with Gasteiger partial charge in [0.25, 0.3) is 0 Å². The highest BCUT2D eigenvalue weighted by molar-refractivity contribution is 14.1. The van der Waals surface area contributed by atoms with Gasteiger partial charge in [-0.1, -0.05) is 28.7 Å². The molecule has 3 unspecified atom stereocenters. The summed E-state index contributed by atoms with van der Waals surface area (Å²) in [5.41, 5.74) is 0. The van der Waals surface area contributed by atoms with Gasteiger partial charge < -0.3 is 19.1 Å². The SMILES string of the molecule is COCOC(CCC=CI)C1CN(C)CCC1OC(C)=O. The number of allylic oxidation sites excluding steroid dienone is 1. The number of rotatable bonds is 8. The van der Waals surface area contributed by atoms with Gasteiger partial charge in [0, 0.05) is 33.0 Å². The van der Waals surface area contributed by atoms with Crippen LogP contribution in [0.15, 0.2) is 10.2 Å². The second-order valence-electron chi connectivity index (χ2n) is 5.41. The summed E-state index contributed by atoms with van der Waals surface area (Å²) in [6.07, 6.45) is 4.80. The molecule has 0 spiro atoms. The van der Waals surface area contributed by atoms with Gasteiger partial charge in [-0.2, -0.15) is 0 Å². The number of halogens is 1. The van der Waals surface area contributed by atoms with E-state index in [1.807, 2.05) is 4.08 Å². The summed E-state index contributed by atoms with van der Waals surface area (Å²) >= 11 is 2.22. The lowest BCUT2D eigenvalue weighted by molar-refractivity contribution is -0.163. The summed E-state index contributed by atoms with van der Waals surface area (Å²) < 4.78 is 18.4. The molecule has 0 bridgehead atoms. The van der Waals surface area contributed by atoms with E-state index in [0.717, 1.165) is 32.4 Å². The minimum atomic E-state index is -0.216. The third kappa shape index (κ3) is 7.08. The Labute approximate surface area is 141 Å². The summed E-state index contributed by atoms with van der Waals surface area (Å²) in [6.45, 7) is 3.56. The van der Waals surface area contributed by atoms with Gasteiger partial charge in [-0.05, 0) is 30.4 Å². The first-order valence-electron chi connectivity index (χ1n) is 7.30. The van der Waals surface area contributed by atoms with Crippen molar-refractivity contribution in [3.05, 3.63) is 10.2 Å². The fourth-order valence-electron chi connectivity index (χ4n) is 2.75. The van der Waals surface area contributed by atoms with Crippen LogP contribution < -0.4 is 0 Å². The van der Waals surface area contributed by atoms with Crippen molar-refractivity contribution in [1.29, 1.82) is 0 Å². The number of piperidine rings is 1. The van der Waals surface area contributed by atoms with Crippen LogP contribution in [-0.2, 0) is 19.0 Å². The van der Waals surface area contributed by atoms with E-state index in [-0.39, 0.29) is 30.9 Å². The number of hydrogen-bond donors (Lipinski definition) is 0. The van der Waals surface area contributed by atoms with E-state index in [1.165, 1.54) is 6.92 Å². The fourth-order valence-corrected chi connectivity index (χ4v) is 3.11. The zero-order valence-electron chi connectivity index (χ0n) is 13.1. The van der Waals surface area contributed by atoms with E-state index in [0.29, 0.717) is 0 Å². The highest BCUT2D eigenvalue weighted by atomic mass is 127. The van der Waals surface area contributed by atoms with Crippen LogP contribution in [0.5, 0.6) is 0 Å². The highest BCUT2D eigenvalue weighted by Crippen LogP contribution is 2.27. The van der Waals surface area contributed by atoms with E-state index < -0.39 is 0 Å². The molecule has 0 aromatic carbocycles. The smallest absolute Gasteiger partial charge is 0.302 e. The van der Waals surface area contributed by atoms with Crippen LogP contribution in [0.25, 0.3) is 0 Å². The summed E-state index contributed by atoms with van der Waals surface area (Å²) in [5, 5.41) is 0. The summed E-state index contributed by atoms with van der Waals surface area (Å²) in [4.78, 5) is 13.6. The van der Waals surface area contributed by atoms with Gasteiger partial charge in [-0.3, -0.25) is 4.79 Å². The standard InChI is InChI=1S/C15H26INO4/c1-12(18)21-15-7-9-17(2)10-13(15)14(20-11-19-3)6-4-5-8-16/h5,8,13-15H,4,6-7,9-11H2,1-3H3. The van der Waals surface area contributed by atoms with Crippen LogP contribution in [0.1, 0.15) is 26.2 Å². The first-order chi connectivity index (χ1) is 10.1. The van der Waals surface area contributed by atoms with Gasteiger partial charge >= 0.3 is 5.97 Å². The number of carbonyl (C=O) groups is 1. The largest absolute Gasteiger partial charge is 0.462 e. The quantitative estimate of drug-likeness (QED) is 0.349. The number of methoxy groups -OCH3 is 1. The summed E-state index contributed by atoms with van der Waals surface area (Å²) in [5.74, 6) is -0.0300. The lowest BCUT2D eigenvalue weighted by atomic mass is 9.87. The number of hydrogen-bond acceptors (Lipinski definition) is 5. The number of esters is 1. The van der Waals surface area contributed by atoms with Crippen LogP contribution in [0.2, 0.25) is 0 Å². The predicted octanol–water partition coefficient (Wildman–Crippen LogP) is 2.59. The molecule has 1 saturated heterocycles. The van der Waals surface area contributed by atoms with Crippen molar-refractivity contribution in [2.45, 2.75) is 38.4 Å². The highest BCUT2D eigenvalue weighted by Gasteiger charge is 2.36. The molecule has 122 valence electrons. The van der Waals surface area contributed by atoms with Crippen LogP contribution in [-0.4, -0.2) is 57.1 Å². The number of ether oxygens (including phenoxy) is 3. The van der Waals surface area contributed by atoms with Gasteiger partial charge in [-0.15, -0.1) is 0 Å². The first-order valence-corrected chi connectivity index (χ1v) is 8.54. The Morgan fingerprint density at radius 3 is 2.90 bits per heavy atom. The zero-order valence-corrected chi connectivity index (χ0v) is 15.2. The predicted molar refractivity (Wildman–Crippen MR) is 90.3 cm³/mol. The fraction of sp³-hybridized carbons (Fsp3) is 0.800. The lowest BCUT2D eigenvalue weighted by Crippen LogP contribution is -2.49. The van der Waals surface area contributed by atoms with Crippen LogP contribution in [0, 0.1) is 5.92 Å². The number of carbonyl (C=O) groups excluding carboxylic acids is 1. The zero-order chi connectivity index (χ0) is 15.7. The van der Waals surface area contributed by atoms with Crippen molar-refractivity contribution in [2.24, 2.45) is 5.92 Å². The van der Waals surface area contributed by atoms with Gasteiger partial charge in [0.05, 0.1) is 6.10 Å². The molecule has 0 aromatic rings. The molecule has 5 nitrogen and oxygen atoms in total. The molecule has 1 aliphatic rings. The maximum atomic E-state index is 11.3. The Bertz CT molecular complexity index is 338. The monoisotopic (exact) mass is 411 g/mol. The third-order valence-electron chi connectivity index (χ3n) is 3.70. The molecule has 0 radical (unpaired) electrons. The van der Waals surface area contributed by atoms with E-state index >= 15 is 0 Å². The van der Waals surface area contributed by atoms with Gasteiger partial charge in [0.15, 0.2) is 0 Å². The molecule has 0 N–H and O–H groups in total. The van der Waals surface area contributed by atoms with Crippen molar-refractivity contribution < 1.29 is 19.0 Å². The Morgan fingerprint density at radius 1 is 1.52 bits per heavy atom. The average molecular weight is 411 g/mol. The van der Waals surface area contributed by atoms with Crippen molar-refractivity contribution in [3.8, 4) is 0 Å².